The van der Waals surface area contributed by atoms with Crippen LogP contribution in [0.5, 0.6) is 0 Å². The molecule has 1 aromatic carbocycles. The molecule has 1 aliphatic heterocycles. The highest BCUT2D eigenvalue weighted by Crippen LogP contribution is 2.16. The van der Waals surface area contributed by atoms with E-state index in [0.29, 0.717) is 18.7 Å². The van der Waals surface area contributed by atoms with E-state index in [2.05, 4.69) is 20.7 Å². The average molecular weight is 343 g/mol. The minimum atomic E-state index is -0.567. The number of aliphatic imine (C=N–C) groups is 1. The summed E-state index contributed by atoms with van der Waals surface area (Å²) in [6.07, 6.45) is 2.45. The Kier molecular flexibility index (Phi) is 5.40. The number of nitrogens with zero attached hydrogens (tertiary/aromatic N) is 3. The zero-order chi connectivity index (χ0) is 17.5. The van der Waals surface area contributed by atoms with E-state index in [4.69, 9.17) is 4.74 Å². The van der Waals surface area contributed by atoms with Crippen molar-refractivity contribution in [2.75, 3.05) is 18.1 Å². The van der Waals surface area contributed by atoms with Crippen molar-refractivity contribution in [2.45, 2.75) is 13.2 Å². The molecule has 25 heavy (non-hydrogen) atoms. The van der Waals surface area contributed by atoms with Crippen LogP contribution in [0.15, 0.2) is 47.6 Å². The predicted molar refractivity (Wildman–Crippen MR) is 91.5 cm³/mol. The number of hydrogen-bond acceptors (Lipinski definition) is 6. The Morgan fingerprint density at radius 1 is 1.32 bits per heavy atom. The molecule has 0 atom stereocenters. The van der Waals surface area contributed by atoms with Crippen LogP contribution in [-0.4, -0.2) is 30.5 Å². The Bertz CT molecular complexity index is 754. The summed E-state index contributed by atoms with van der Waals surface area (Å²) in [6.45, 7) is 1.42. The molecular weight excluding hydrogens is 325 g/mol. The maximum atomic E-state index is 14.2. The first-order valence-electron chi connectivity index (χ1n) is 7.83. The fourth-order valence-electron chi connectivity index (χ4n) is 2.28. The van der Waals surface area contributed by atoms with Gasteiger partial charge in [0, 0.05) is 12.7 Å². The molecule has 0 saturated carbocycles. The van der Waals surface area contributed by atoms with Gasteiger partial charge in [-0.05, 0) is 17.2 Å². The van der Waals surface area contributed by atoms with Crippen LogP contribution in [0.1, 0.15) is 11.1 Å². The van der Waals surface area contributed by atoms with Crippen molar-refractivity contribution in [1.82, 2.24) is 15.7 Å². The third kappa shape index (κ3) is 4.66. The van der Waals surface area contributed by atoms with E-state index in [1.165, 1.54) is 18.6 Å². The number of carbonyl (C=O) groups excluding carboxylic acids is 1. The van der Waals surface area contributed by atoms with Gasteiger partial charge in [0.05, 0.1) is 13.1 Å². The number of nitrogens with one attached hydrogen (secondary N) is 2. The first kappa shape index (κ1) is 16.7. The predicted octanol–water partition coefficient (Wildman–Crippen LogP) is 2.00. The highest BCUT2D eigenvalue weighted by molar-refractivity contribution is 5.67. The van der Waals surface area contributed by atoms with Gasteiger partial charge >= 0.3 is 6.09 Å². The topological polar surface area (TPSA) is 78.9 Å². The van der Waals surface area contributed by atoms with E-state index in [-0.39, 0.29) is 19.0 Å². The molecule has 0 spiro atoms. The first-order chi connectivity index (χ1) is 12.2. The number of hydrazine groups is 1. The molecule has 0 bridgehead atoms. The minimum Gasteiger partial charge on any atom is -0.445 e. The van der Waals surface area contributed by atoms with Gasteiger partial charge in [-0.2, -0.15) is 0 Å². The first-order valence-corrected chi connectivity index (χ1v) is 7.83. The van der Waals surface area contributed by atoms with E-state index in [1.54, 1.807) is 5.01 Å². The number of pyridine rings is 1. The van der Waals surface area contributed by atoms with Gasteiger partial charge in [-0.1, -0.05) is 30.3 Å². The van der Waals surface area contributed by atoms with Gasteiger partial charge in [0.25, 0.3) is 0 Å². The zero-order valence-corrected chi connectivity index (χ0v) is 13.5. The van der Waals surface area contributed by atoms with E-state index in [0.717, 1.165) is 5.56 Å². The van der Waals surface area contributed by atoms with Crippen molar-refractivity contribution >= 4 is 18.2 Å². The van der Waals surface area contributed by atoms with Crippen LogP contribution in [0, 0.1) is 5.82 Å². The maximum absolute atomic E-state index is 14.2. The Hall–Kier alpha value is -3.16. The van der Waals surface area contributed by atoms with E-state index < -0.39 is 11.9 Å². The molecule has 3 rings (SSSR count). The Balaban J connectivity index is 1.50. The third-order valence-electron chi connectivity index (χ3n) is 3.54. The second-order valence-electron chi connectivity index (χ2n) is 5.38. The summed E-state index contributed by atoms with van der Waals surface area (Å²) >= 11 is 0. The smallest absolute Gasteiger partial charge is 0.407 e. The minimum absolute atomic E-state index is 0.132. The summed E-state index contributed by atoms with van der Waals surface area (Å²) in [4.78, 5) is 19.8. The monoisotopic (exact) mass is 343 g/mol. The molecule has 1 aliphatic rings. The number of hydrogen-bond donors (Lipinski definition) is 2. The van der Waals surface area contributed by atoms with Gasteiger partial charge < -0.3 is 10.1 Å². The van der Waals surface area contributed by atoms with Gasteiger partial charge in [0.2, 0.25) is 0 Å². The van der Waals surface area contributed by atoms with Gasteiger partial charge in [-0.15, -0.1) is 0 Å². The Labute approximate surface area is 144 Å². The van der Waals surface area contributed by atoms with Crippen LogP contribution in [-0.2, 0) is 17.9 Å². The van der Waals surface area contributed by atoms with Crippen molar-refractivity contribution in [3.63, 3.8) is 0 Å². The lowest BCUT2D eigenvalue weighted by Gasteiger charge is -2.25. The summed E-state index contributed by atoms with van der Waals surface area (Å²) in [7, 11) is 0. The molecule has 130 valence electrons. The standard InChI is InChI=1S/C17H18FN5O2/c18-15-8-14(9-20-16(15)23-7-6-19-12-22-23)10-21-17(24)25-11-13-4-2-1-3-5-13/h1-5,8-9,12H,6-7,10-11H2,(H,19,22)(H,21,24). The maximum Gasteiger partial charge on any atom is 0.407 e. The molecule has 0 aliphatic carbocycles. The highest BCUT2D eigenvalue weighted by Gasteiger charge is 2.15. The van der Waals surface area contributed by atoms with Crippen molar-refractivity contribution in [3.05, 3.63) is 59.5 Å². The van der Waals surface area contributed by atoms with Gasteiger partial charge in [0.1, 0.15) is 12.9 Å². The Morgan fingerprint density at radius 2 is 2.16 bits per heavy atom. The van der Waals surface area contributed by atoms with Crippen LogP contribution < -0.4 is 15.8 Å². The summed E-state index contributed by atoms with van der Waals surface area (Å²) < 4.78 is 19.3. The number of halogens is 1. The van der Waals surface area contributed by atoms with Crippen molar-refractivity contribution < 1.29 is 13.9 Å². The molecule has 7 nitrogen and oxygen atoms in total. The van der Waals surface area contributed by atoms with Gasteiger partial charge in [-0.3, -0.25) is 15.4 Å². The zero-order valence-electron chi connectivity index (χ0n) is 13.5. The number of anilines is 1. The molecule has 0 unspecified atom stereocenters. The van der Waals surface area contributed by atoms with Crippen LogP contribution in [0.4, 0.5) is 15.0 Å². The number of rotatable bonds is 5. The fraction of sp³-hybridized carbons (Fsp3) is 0.235. The number of benzene rings is 1. The summed E-state index contributed by atoms with van der Waals surface area (Å²) in [5, 5.41) is 4.15. The highest BCUT2D eigenvalue weighted by atomic mass is 19.1. The van der Waals surface area contributed by atoms with Gasteiger partial charge in [-0.25, -0.2) is 14.2 Å². The van der Waals surface area contributed by atoms with E-state index in [1.807, 2.05) is 30.3 Å². The fourth-order valence-corrected chi connectivity index (χ4v) is 2.28. The molecular formula is C17H18FN5O2. The van der Waals surface area contributed by atoms with Crippen LogP contribution in [0.2, 0.25) is 0 Å². The van der Waals surface area contributed by atoms with Crippen molar-refractivity contribution in [2.24, 2.45) is 4.99 Å². The van der Waals surface area contributed by atoms with Crippen LogP contribution in [0.25, 0.3) is 0 Å². The SMILES string of the molecule is O=C(NCc1cnc(N2CCN=CN2)c(F)c1)OCc1ccccc1. The molecule has 8 heteroatoms. The Morgan fingerprint density at radius 3 is 2.88 bits per heavy atom. The molecule has 0 saturated heterocycles. The number of amides is 1. The largest absolute Gasteiger partial charge is 0.445 e. The molecule has 2 aromatic rings. The second kappa shape index (κ2) is 8.09. The molecule has 1 amide bonds. The molecule has 2 heterocycles. The average Bonchev–Trinajstić information content (AvgIpc) is 2.66. The lowest BCUT2D eigenvalue weighted by atomic mass is 10.2. The lowest BCUT2D eigenvalue weighted by Crippen LogP contribution is -2.43. The molecule has 0 radical (unpaired) electrons. The third-order valence-corrected chi connectivity index (χ3v) is 3.54. The number of aromatic nitrogens is 1. The number of ether oxygens (including phenoxy) is 1. The number of carbonyl (C=O) groups is 1. The second-order valence-corrected chi connectivity index (χ2v) is 5.38. The van der Waals surface area contributed by atoms with E-state index >= 15 is 0 Å². The molecule has 1 aromatic heterocycles. The van der Waals surface area contributed by atoms with Crippen molar-refractivity contribution in [3.8, 4) is 0 Å². The summed E-state index contributed by atoms with van der Waals surface area (Å²) in [5.41, 5.74) is 4.27. The van der Waals surface area contributed by atoms with E-state index in [9.17, 15) is 9.18 Å². The molecule has 2 N–H and O–H groups in total. The van der Waals surface area contributed by atoms with Crippen molar-refractivity contribution in [1.29, 1.82) is 0 Å². The van der Waals surface area contributed by atoms with Gasteiger partial charge in [0.15, 0.2) is 11.6 Å². The summed E-state index contributed by atoms with van der Waals surface area (Å²) in [6, 6.07) is 10.7. The lowest BCUT2D eigenvalue weighted by molar-refractivity contribution is 0.139. The van der Waals surface area contributed by atoms with Crippen LogP contribution in [0.3, 0.4) is 0 Å². The normalized spacial score (nSPS) is 13.2. The summed E-state index contributed by atoms with van der Waals surface area (Å²) in [5.74, 6) is -0.277. The quantitative estimate of drug-likeness (QED) is 0.868. The number of alkyl carbamates (subject to hydrolysis) is 1. The molecule has 0 fully saturated rings. The van der Waals surface area contributed by atoms with Crippen LogP contribution >= 0.6 is 0 Å².